The summed E-state index contributed by atoms with van der Waals surface area (Å²) < 4.78 is 4.67. The third-order valence-electron chi connectivity index (χ3n) is 2.65. The highest BCUT2D eigenvalue weighted by atomic mass is 16.5. The Morgan fingerprint density at radius 1 is 1.43 bits per heavy atom. The molecule has 1 rings (SSSR count). The number of hydrogen-bond donors (Lipinski definition) is 1. The molecule has 0 aliphatic heterocycles. The number of ketones is 1. The summed E-state index contributed by atoms with van der Waals surface area (Å²) >= 11 is 0. The van der Waals surface area contributed by atoms with Gasteiger partial charge in [-0.25, -0.2) is 4.79 Å². The molecule has 0 aliphatic rings. The number of benzene rings is 1. The molecule has 7 heteroatoms. The first-order valence-electron chi connectivity index (χ1n) is 6.69. The van der Waals surface area contributed by atoms with Gasteiger partial charge < -0.3 is 10.5 Å². The third kappa shape index (κ3) is 5.55. The minimum absolute atomic E-state index is 0.147. The van der Waals surface area contributed by atoms with E-state index in [0.717, 1.165) is 6.08 Å². The SMILES string of the molecule is CCOC(=O)/C(N)=C/C(C=O)=NCC(=O)c1cccc(C#N)c1. The predicted octanol–water partition coefficient (Wildman–Crippen LogP) is 0.787. The summed E-state index contributed by atoms with van der Waals surface area (Å²) in [5.74, 6) is -1.14. The lowest BCUT2D eigenvalue weighted by atomic mass is 10.1. The molecule has 118 valence electrons. The van der Waals surface area contributed by atoms with Crippen LogP contribution in [0.5, 0.6) is 0 Å². The van der Waals surface area contributed by atoms with Crippen LogP contribution in [0.25, 0.3) is 0 Å². The lowest BCUT2D eigenvalue weighted by molar-refractivity contribution is -0.138. The number of ether oxygens (including phenoxy) is 1. The van der Waals surface area contributed by atoms with Crippen LogP contribution in [-0.4, -0.2) is 36.9 Å². The first kappa shape index (κ1) is 17.8. The molecule has 0 spiro atoms. The molecule has 0 amide bonds. The van der Waals surface area contributed by atoms with Crippen molar-refractivity contribution in [2.45, 2.75) is 6.92 Å². The van der Waals surface area contributed by atoms with Gasteiger partial charge in [0.05, 0.1) is 18.2 Å². The number of carbonyl (C=O) groups excluding carboxylic acids is 3. The van der Waals surface area contributed by atoms with E-state index in [9.17, 15) is 14.4 Å². The summed E-state index contributed by atoms with van der Waals surface area (Å²) in [7, 11) is 0. The van der Waals surface area contributed by atoms with Crippen molar-refractivity contribution in [2.24, 2.45) is 10.7 Å². The molecule has 0 bridgehead atoms. The van der Waals surface area contributed by atoms with Crippen molar-refractivity contribution >= 4 is 23.8 Å². The highest BCUT2D eigenvalue weighted by Crippen LogP contribution is 2.05. The van der Waals surface area contributed by atoms with Crippen LogP contribution in [-0.2, 0) is 14.3 Å². The average Bonchev–Trinajstić information content (AvgIpc) is 2.58. The van der Waals surface area contributed by atoms with Crippen LogP contribution in [0.1, 0.15) is 22.8 Å². The first-order valence-corrected chi connectivity index (χ1v) is 6.69. The zero-order valence-corrected chi connectivity index (χ0v) is 12.5. The molecule has 0 aliphatic carbocycles. The van der Waals surface area contributed by atoms with E-state index in [-0.39, 0.29) is 30.3 Å². The fraction of sp³-hybridized carbons (Fsp3) is 0.188. The van der Waals surface area contributed by atoms with Gasteiger partial charge in [-0.1, -0.05) is 12.1 Å². The fourth-order valence-corrected chi connectivity index (χ4v) is 1.57. The van der Waals surface area contributed by atoms with E-state index < -0.39 is 5.97 Å². The molecular formula is C16H15N3O4. The number of Topliss-reactive ketones (excluding diaryl/α,β-unsaturated/α-hetero) is 1. The quantitative estimate of drug-likeness (QED) is 0.261. The number of rotatable bonds is 7. The second-order valence-corrected chi connectivity index (χ2v) is 4.29. The highest BCUT2D eigenvalue weighted by molar-refractivity contribution is 6.35. The van der Waals surface area contributed by atoms with Gasteiger partial charge in [-0.3, -0.25) is 14.6 Å². The van der Waals surface area contributed by atoms with Crippen molar-refractivity contribution in [1.29, 1.82) is 5.26 Å². The Kier molecular flexibility index (Phi) is 6.88. The van der Waals surface area contributed by atoms with Crippen molar-refractivity contribution < 1.29 is 19.1 Å². The van der Waals surface area contributed by atoms with Gasteiger partial charge >= 0.3 is 5.97 Å². The zero-order chi connectivity index (χ0) is 17.2. The lowest BCUT2D eigenvalue weighted by Gasteiger charge is -2.01. The molecule has 0 heterocycles. The van der Waals surface area contributed by atoms with Crippen LogP contribution in [0.4, 0.5) is 0 Å². The van der Waals surface area contributed by atoms with Gasteiger partial charge in [0.2, 0.25) is 0 Å². The predicted molar refractivity (Wildman–Crippen MR) is 82.8 cm³/mol. The summed E-state index contributed by atoms with van der Waals surface area (Å²) in [5.41, 5.74) is 5.68. The number of nitrogens with two attached hydrogens (primary N) is 1. The Bertz CT molecular complexity index is 714. The fourth-order valence-electron chi connectivity index (χ4n) is 1.57. The van der Waals surface area contributed by atoms with Crippen molar-refractivity contribution in [3.63, 3.8) is 0 Å². The van der Waals surface area contributed by atoms with E-state index in [0.29, 0.717) is 17.4 Å². The number of esters is 1. The molecular weight excluding hydrogens is 298 g/mol. The normalized spacial score (nSPS) is 11.5. The number of aliphatic imine (C=N–C) groups is 1. The lowest BCUT2D eigenvalue weighted by Crippen LogP contribution is -2.17. The van der Waals surface area contributed by atoms with Gasteiger partial charge in [0, 0.05) is 5.56 Å². The molecule has 0 radical (unpaired) electrons. The van der Waals surface area contributed by atoms with E-state index in [1.165, 1.54) is 6.07 Å². The van der Waals surface area contributed by atoms with Gasteiger partial charge in [-0.2, -0.15) is 5.26 Å². The molecule has 0 saturated heterocycles. The van der Waals surface area contributed by atoms with Crippen molar-refractivity contribution in [3.05, 3.63) is 47.2 Å². The summed E-state index contributed by atoms with van der Waals surface area (Å²) in [4.78, 5) is 38.1. The molecule has 7 nitrogen and oxygen atoms in total. The second-order valence-electron chi connectivity index (χ2n) is 4.29. The maximum Gasteiger partial charge on any atom is 0.354 e. The Labute approximate surface area is 133 Å². The monoisotopic (exact) mass is 313 g/mol. The Hall–Kier alpha value is -3.27. The summed E-state index contributed by atoms with van der Waals surface area (Å²) in [6.07, 6.45) is 1.43. The van der Waals surface area contributed by atoms with E-state index >= 15 is 0 Å². The van der Waals surface area contributed by atoms with Crippen LogP contribution in [0, 0.1) is 11.3 Å². The van der Waals surface area contributed by atoms with Gasteiger partial charge in [0.15, 0.2) is 12.1 Å². The van der Waals surface area contributed by atoms with Crippen LogP contribution >= 0.6 is 0 Å². The smallest absolute Gasteiger partial charge is 0.354 e. The first-order chi connectivity index (χ1) is 11.0. The number of nitrogens with zero attached hydrogens (tertiary/aromatic N) is 2. The highest BCUT2D eigenvalue weighted by Gasteiger charge is 2.09. The van der Waals surface area contributed by atoms with Crippen molar-refractivity contribution in [3.8, 4) is 6.07 Å². The Morgan fingerprint density at radius 3 is 2.78 bits per heavy atom. The topological polar surface area (TPSA) is 123 Å². The molecule has 0 unspecified atom stereocenters. The molecule has 2 N–H and O–H groups in total. The van der Waals surface area contributed by atoms with Crippen LogP contribution in [0.3, 0.4) is 0 Å². The molecule has 0 atom stereocenters. The van der Waals surface area contributed by atoms with E-state index in [1.54, 1.807) is 25.1 Å². The van der Waals surface area contributed by atoms with Gasteiger partial charge in [-0.05, 0) is 25.1 Å². The molecule has 1 aromatic carbocycles. The largest absolute Gasteiger partial charge is 0.461 e. The summed E-state index contributed by atoms with van der Waals surface area (Å²) in [6, 6.07) is 8.05. The molecule has 0 fully saturated rings. The second kappa shape index (κ2) is 8.89. The molecule has 1 aromatic rings. The molecule has 0 saturated carbocycles. The summed E-state index contributed by atoms with van der Waals surface area (Å²) in [5, 5.41) is 8.79. The van der Waals surface area contributed by atoms with Crippen LogP contribution in [0.15, 0.2) is 41.0 Å². The maximum atomic E-state index is 12.0. The van der Waals surface area contributed by atoms with Crippen molar-refractivity contribution in [2.75, 3.05) is 13.2 Å². The Morgan fingerprint density at radius 2 is 2.17 bits per heavy atom. The third-order valence-corrected chi connectivity index (χ3v) is 2.65. The van der Waals surface area contributed by atoms with Gasteiger partial charge in [-0.15, -0.1) is 0 Å². The number of allylic oxidation sites excluding steroid dienone is 1. The van der Waals surface area contributed by atoms with E-state index in [4.69, 9.17) is 11.0 Å². The number of nitriles is 1. The standard InChI is InChI=1S/C16H15N3O4/c1-2-23-16(22)14(18)7-13(10-20)19-9-15(21)12-5-3-4-11(6-12)8-17/h3-7,10H,2,9,18H2,1H3/b14-7-,19-13?. The van der Waals surface area contributed by atoms with Crippen molar-refractivity contribution in [1.82, 2.24) is 0 Å². The number of carbonyl (C=O) groups is 3. The van der Waals surface area contributed by atoms with Crippen LogP contribution in [0.2, 0.25) is 0 Å². The van der Waals surface area contributed by atoms with Gasteiger partial charge in [0.1, 0.15) is 18.0 Å². The Balaban J connectivity index is 2.85. The van der Waals surface area contributed by atoms with Crippen LogP contribution < -0.4 is 5.73 Å². The van der Waals surface area contributed by atoms with Gasteiger partial charge in [0.25, 0.3) is 0 Å². The van der Waals surface area contributed by atoms with E-state index in [1.807, 2.05) is 6.07 Å². The minimum Gasteiger partial charge on any atom is -0.461 e. The molecule has 0 aromatic heterocycles. The summed E-state index contributed by atoms with van der Waals surface area (Å²) in [6.45, 7) is 1.46. The molecule has 23 heavy (non-hydrogen) atoms. The maximum absolute atomic E-state index is 12.0. The number of aldehydes is 1. The average molecular weight is 313 g/mol. The minimum atomic E-state index is -0.768. The zero-order valence-electron chi connectivity index (χ0n) is 12.5. The van der Waals surface area contributed by atoms with E-state index in [2.05, 4.69) is 9.73 Å². The number of hydrogen-bond acceptors (Lipinski definition) is 7.